The fourth-order valence-electron chi connectivity index (χ4n) is 2.03. The number of hydrogen-bond acceptors (Lipinski definition) is 4. The molecule has 0 fully saturated rings. The Bertz CT molecular complexity index is 773. The van der Waals surface area contributed by atoms with Crippen LogP contribution in [0.1, 0.15) is 22.3 Å². The molecule has 0 saturated carbocycles. The van der Waals surface area contributed by atoms with E-state index in [1.54, 1.807) is 49.4 Å². The molecule has 0 spiro atoms. The summed E-state index contributed by atoms with van der Waals surface area (Å²) in [5.74, 6) is 0.0633. The van der Waals surface area contributed by atoms with E-state index in [0.29, 0.717) is 11.1 Å². The first-order valence-corrected chi connectivity index (χ1v) is 7.12. The summed E-state index contributed by atoms with van der Waals surface area (Å²) in [6, 6.07) is 9.85. The van der Waals surface area contributed by atoms with Gasteiger partial charge in [0.05, 0.1) is 6.61 Å². The SMILES string of the molecule is Cc1cc(/C=C/C(=O)/C=C/c2ccc(O)c(CO)c2)ccc1O. The Labute approximate surface area is 134 Å². The maximum absolute atomic E-state index is 11.8. The van der Waals surface area contributed by atoms with Crippen molar-refractivity contribution in [3.05, 3.63) is 70.8 Å². The van der Waals surface area contributed by atoms with Crippen LogP contribution in [-0.2, 0) is 11.4 Å². The topological polar surface area (TPSA) is 77.8 Å². The predicted molar refractivity (Wildman–Crippen MR) is 89.9 cm³/mol. The smallest absolute Gasteiger partial charge is 0.178 e. The molecule has 0 heterocycles. The molecule has 0 atom stereocenters. The van der Waals surface area contributed by atoms with E-state index >= 15 is 0 Å². The Balaban J connectivity index is 2.06. The van der Waals surface area contributed by atoms with Gasteiger partial charge < -0.3 is 15.3 Å². The van der Waals surface area contributed by atoms with Gasteiger partial charge >= 0.3 is 0 Å². The number of aryl methyl sites for hydroxylation is 1. The molecule has 0 aliphatic heterocycles. The number of ketones is 1. The highest BCUT2D eigenvalue weighted by molar-refractivity contribution is 6.04. The molecule has 2 aromatic rings. The van der Waals surface area contributed by atoms with E-state index in [1.807, 2.05) is 0 Å². The van der Waals surface area contributed by atoms with Crippen molar-refractivity contribution in [1.82, 2.24) is 0 Å². The lowest BCUT2D eigenvalue weighted by atomic mass is 10.1. The van der Waals surface area contributed by atoms with Crippen molar-refractivity contribution < 1.29 is 20.1 Å². The third-order valence-electron chi connectivity index (χ3n) is 3.37. The molecule has 4 nitrogen and oxygen atoms in total. The quantitative estimate of drug-likeness (QED) is 0.741. The van der Waals surface area contributed by atoms with Gasteiger partial charge in [-0.3, -0.25) is 4.79 Å². The van der Waals surface area contributed by atoms with Crippen LogP contribution in [0.5, 0.6) is 11.5 Å². The Morgan fingerprint density at radius 3 is 2.09 bits per heavy atom. The van der Waals surface area contributed by atoms with Crippen molar-refractivity contribution >= 4 is 17.9 Å². The lowest BCUT2D eigenvalue weighted by Crippen LogP contribution is -1.87. The molecule has 0 unspecified atom stereocenters. The van der Waals surface area contributed by atoms with Crippen molar-refractivity contribution in [2.24, 2.45) is 0 Å². The Morgan fingerprint density at radius 2 is 1.52 bits per heavy atom. The van der Waals surface area contributed by atoms with E-state index in [4.69, 9.17) is 5.11 Å². The van der Waals surface area contributed by atoms with Crippen molar-refractivity contribution in [3.63, 3.8) is 0 Å². The van der Waals surface area contributed by atoms with Gasteiger partial charge in [-0.1, -0.05) is 24.3 Å². The van der Waals surface area contributed by atoms with Gasteiger partial charge in [-0.15, -0.1) is 0 Å². The molecule has 0 aliphatic carbocycles. The van der Waals surface area contributed by atoms with Crippen LogP contribution in [0, 0.1) is 6.92 Å². The van der Waals surface area contributed by atoms with Crippen LogP contribution in [0.25, 0.3) is 12.2 Å². The summed E-state index contributed by atoms with van der Waals surface area (Å²) < 4.78 is 0. The van der Waals surface area contributed by atoms with Crippen LogP contribution in [0.15, 0.2) is 48.6 Å². The maximum atomic E-state index is 11.8. The summed E-state index contributed by atoms with van der Waals surface area (Å²) in [6.07, 6.45) is 6.15. The van der Waals surface area contributed by atoms with E-state index in [2.05, 4.69) is 0 Å². The second-order valence-electron chi connectivity index (χ2n) is 5.16. The third-order valence-corrected chi connectivity index (χ3v) is 3.37. The number of aromatic hydroxyl groups is 2. The number of aliphatic hydroxyl groups is 1. The number of phenolic OH excluding ortho intramolecular Hbond substituents is 1. The van der Waals surface area contributed by atoms with Crippen LogP contribution < -0.4 is 0 Å². The molecule has 0 aliphatic rings. The summed E-state index contributed by atoms with van der Waals surface area (Å²) in [5, 5.41) is 28.0. The number of carbonyl (C=O) groups is 1. The number of phenols is 2. The van der Waals surface area contributed by atoms with Crippen LogP contribution in [0.3, 0.4) is 0 Å². The van der Waals surface area contributed by atoms with E-state index in [0.717, 1.165) is 11.1 Å². The summed E-state index contributed by atoms with van der Waals surface area (Å²) in [6.45, 7) is 1.53. The normalized spacial score (nSPS) is 11.4. The fourth-order valence-corrected chi connectivity index (χ4v) is 2.03. The fraction of sp³-hybridized carbons (Fsp3) is 0.105. The summed E-state index contributed by atoms with van der Waals surface area (Å²) >= 11 is 0. The monoisotopic (exact) mass is 310 g/mol. The zero-order valence-corrected chi connectivity index (χ0v) is 12.7. The average Bonchev–Trinajstić information content (AvgIpc) is 2.55. The van der Waals surface area contributed by atoms with E-state index in [1.165, 1.54) is 18.2 Å². The summed E-state index contributed by atoms with van der Waals surface area (Å²) in [4.78, 5) is 11.8. The Kier molecular flexibility index (Phi) is 5.33. The lowest BCUT2D eigenvalue weighted by Gasteiger charge is -2.01. The minimum Gasteiger partial charge on any atom is -0.508 e. The molecular formula is C19H18O4. The summed E-state index contributed by atoms with van der Waals surface area (Å²) in [7, 11) is 0. The number of rotatable bonds is 5. The van der Waals surface area contributed by atoms with Gasteiger partial charge in [0.25, 0.3) is 0 Å². The molecule has 0 amide bonds. The van der Waals surface area contributed by atoms with Crippen molar-refractivity contribution in [2.75, 3.05) is 0 Å². The first kappa shape index (κ1) is 16.5. The van der Waals surface area contributed by atoms with Gasteiger partial charge in [0.15, 0.2) is 5.78 Å². The Morgan fingerprint density at radius 1 is 0.957 bits per heavy atom. The Hall–Kier alpha value is -2.85. The minimum absolute atomic E-state index is 0.0265. The number of carbonyl (C=O) groups excluding carboxylic acids is 1. The van der Waals surface area contributed by atoms with Gasteiger partial charge in [-0.25, -0.2) is 0 Å². The van der Waals surface area contributed by atoms with Gasteiger partial charge in [0.2, 0.25) is 0 Å². The number of aliphatic hydroxyl groups excluding tert-OH is 1. The predicted octanol–water partition coefficient (Wildman–Crippen LogP) is 3.19. The molecule has 118 valence electrons. The number of allylic oxidation sites excluding steroid dienone is 2. The highest BCUT2D eigenvalue weighted by atomic mass is 16.3. The molecule has 0 saturated heterocycles. The molecule has 3 N–H and O–H groups in total. The molecule has 4 heteroatoms. The van der Waals surface area contributed by atoms with Crippen molar-refractivity contribution in [2.45, 2.75) is 13.5 Å². The molecule has 0 radical (unpaired) electrons. The van der Waals surface area contributed by atoms with Gasteiger partial charge in [0.1, 0.15) is 11.5 Å². The molecule has 2 aromatic carbocycles. The van der Waals surface area contributed by atoms with Crippen LogP contribution in [0.2, 0.25) is 0 Å². The molecule has 0 bridgehead atoms. The van der Waals surface area contributed by atoms with E-state index < -0.39 is 0 Å². The van der Waals surface area contributed by atoms with Crippen LogP contribution in [0.4, 0.5) is 0 Å². The van der Waals surface area contributed by atoms with Crippen LogP contribution >= 0.6 is 0 Å². The van der Waals surface area contributed by atoms with Crippen LogP contribution in [-0.4, -0.2) is 21.1 Å². The minimum atomic E-state index is -0.262. The molecule has 0 aromatic heterocycles. The highest BCUT2D eigenvalue weighted by Crippen LogP contribution is 2.19. The second kappa shape index (κ2) is 7.42. The van der Waals surface area contributed by atoms with Gasteiger partial charge in [0, 0.05) is 5.56 Å². The van der Waals surface area contributed by atoms with Crippen molar-refractivity contribution in [1.29, 1.82) is 0 Å². The third kappa shape index (κ3) is 4.56. The second-order valence-corrected chi connectivity index (χ2v) is 5.16. The lowest BCUT2D eigenvalue weighted by molar-refractivity contribution is -0.110. The van der Waals surface area contributed by atoms with Gasteiger partial charge in [-0.2, -0.15) is 0 Å². The zero-order chi connectivity index (χ0) is 16.8. The molecule has 2 rings (SSSR count). The average molecular weight is 310 g/mol. The largest absolute Gasteiger partial charge is 0.508 e. The van der Waals surface area contributed by atoms with Gasteiger partial charge in [-0.05, 0) is 60.0 Å². The molecule has 23 heavy (non-hydrogen) atoms. The van der Waals surface area contributed by atoms with E-state index in [-0.39, 0.29) is 23.9 Å². The zero-order valence-electron chi connectivity index (χ0n) is 12.7. The first-order valence-electron chi connectivity index (χ1n) is 7.12. The molecular weight excluding hydrogens is 292 g/mol. The first-order chi connectivity index (χ1) is 11.0. The maximum Gasteiger partial charge on any atom is 0.178 e. The highest BCUT2D eigenvalue weighted by Gasteiger charge is 2.00. The van der Waals surface area contributed by atoms with E-state index in [9.17, 15) is 15.0 Å². The number of benzene rings is 2. The standard InChI is InChI=1S/C19H18O4/c1-13-10-14(4-8-18(13)22)2-6-17(21)7-3-15-5-9-19(23)16(11-15)12-20/h2-11,20,22-23H,12H2,1H3/b6-2+,7-3+. The summed E-state index contributed by atoms with van der Waals surface area (Å²) in [5.41, 5.74) is 2.70. The van der Waals surface area contributed by atoms with Crippen molar-refractivity contribution in [3.8, 4) is 11.5 Å². The number of hydrogen-bond donors (Lipinski definition) is 3.